The smallest absolute Gasteiger partial charge is 0.340 e. The van der Waals surface area contributed by atoms with Crippen LogP contribution in [0.5, 0.6) is 0 Å². The number of ether oxygens (including phenoxy) is 1. The van der Waals surface area contributed by atoms with Crippen molar-refractivity contribution >= 4 is 11.8 Å². The fourth-order valence-electron chi connectivity index (χ4n) is 6.95. The number of hydrogen-bond acceptors (Lipinski definition) is 7. The van der Waals surface area contributed by atoms with E-state index >= 15 is 0 Å². The van der Waals surface area contributed by atoms with Crippen molar-refractivity contribution in [2.45, 2.75) is 52.6 Å². The number of esters is 1. The Labute approximate surface area is 196 Å². The SMILES string of the molecule is CC1C[C@@]2(C)C(CC[C@@H]2O)C2=C1[C@@]1(C)COC(=O)/C(=C\N(C)CCCN(C)C)C1=C(O)C2=O. The first-order chi connectivity index (χ1) is 15.4. The third kappa shape index (κ3) is 3.64. The molecule has 4 rings (SSSR count). The average molecular weight is 459 g/mol. The van der Waals surface area contributed by atoms with Gasteiger partial charge >= 0.3 is 5.97 Å². The number of cyclic esters (lactones) is 1. The first-order valence-electron chi connectivity index (χ1n) is 12.1. The van der Waals surface area contributed by atoms with Gasteiger partial charge in [0, 0.05) is 36.4 Å². The lowest BCUT2D eigenvalue weighted by Crippen LogP contribution is -2.50. The third-order valence-corrected chi connectivity index (χ3v) is 8.45. The van der Waals surface area contributed by atoms with Gasteiger partial charge in [-0.2, -0.15) is 0 Å². The first kappa shape index (κ1) is 24.0. The summed E-state index contributed by atoms with van der Waals surface area (Å²) in [4.78, 5) is 30.5. The molecular formula is C26H38N2O5. The van der Waals surface area contributed by atoms with Crippen molar-refractivity contribution in [2.75, 3.05) is 40.8 Å². The Morgan fingerprint density at radius 3 is 2.52 bits per heavy atom. The van der Waals surface area contributed by atoms with Gasteiger partial charge in [0.1, 0.15) is 6.61 Å². The summed E-state index contributed by atoms with van der Waals surface area (Å²) < 4.78 is 5.66. The first-order valence-corrected chi connectivity index (χ1v) is 12.1. The van der Waals surface area contributed by atoms with Crippen LogP contribution in [0.3, 0.4) is 0 Å². The predicted octanol–water partition coefficient (Wildman–Crippen LogP) is 2.83. The standard InChI is InChI=1S/C26H38N2O5/c1-15-12-25(2)17(8-9-18(25)29)19-20(15)26(3)14-33-24(32)16(21(26)23(31)22(19)30)13-28(6)11-7-10-27(4)5/h13,15,17-18,29,31H,7-12,14H2,1-6H3/b16-13-/t15?,17?,18-,25-,26+/m0/s1. The highest BCUT2D eigenvalue weighted by atomic mass is 16.5. The Morgan fingerprint density at radius 1 is 1.15 bits per heavy atom. The number of rotatable bonds is 5. The summed E-state index contributed by atoms with van der Waals surface area (Å²) in [5.74, 6) is -1.29. The Kier molecular flexibility index (Phi) is 6.02. The Bertz CT molecular complexity index is 964. The lowest BCUT2D eigenvalue weighted by atomic mass is 9.53. The second kappa shape index (κ2) is 8.27. The molecule has 0 aromatic carbocycles. The minimum Gasteiger partial charge on any atom is -0.504 e. The van der Waals surface area contributed by atoms with Crippen LogP contribution in [0.15, 0.2) is 34.3 Å². The molecule has 2 fully saturated rings. The second-order valence-corrected chi connectivity index (χ2v) is 11.2. The number of ketones is 1. The number of hydrogen-bond donors (Lipinski definition) is 2. The molecule has 182 valence electrons. The zero-order chi connectivity index (χ0) is 24.3. The van der Waals surface area contributed by atoms with E-state index in [0.717, 1.165) is 37.9 Å². The van der Waals surface area contributed by atoms with Gasteiger partial charge in [0.15, 0.2) is 5.76 Å². The Morgan fingerprint density at radius 2 is 1.85 bits per heavy atom. The van der Waals surface area contributed by atoms with E-state index < -0.39 is 17.5 Å². The molecule has 1 saturated heterocycles. The molecule has 3 aliphatic carbocycles. The van der Waals surface area contributed by atoms with Crippen LogP contribution in [0.1, 0.15) is 46.5 Å². The van der Waals surface area contributed by atoms with Crippen LogP contribution in [-0.4, -0.2) is 78.7 Å². The van der Waals surface area contributed by atoms with Gasteiger partial charge in [0.05, 0.1) is 17.1 Å². The molecule has 0 aromatic rings. The number of aliphatic hydroxyl groups excluding tert-OH is 2. The molecule has 4 aliphatic rings. The van der Waals surface area contributed by atoms with E-state index in [0.29, 0.717) is 17.6 Å². The highest BCUT2D eigenvalue weighted by Gasteiger charge is 2.60. The van der Waals surface area contributed by atoms with Crippen molar-refractivity contribution in [3.63, 3.8) is 0 Å². The minimum absolute atomic E-state index is 0.0296. The van der Waals surface area contributed by atoms with Crippen LogP contribution in [0.4, 0.5) is 0 Å². The molecule has 7 nitrogen and oxygen atoms in total. The molecule has 7 heteroatoms. The maximum Gasteiger partial charge on any atom is 0.340 e. The summed E-state index contributed by atoms with van der Waals surface area (Å²) in [5, 5.41) is 22.0. The molecule has 0 amide bonds. The van der Waals surface area contributed by atoms with Gasteiger partial charge in [-0.25, -0.2) is 4.79 Å². The highest BCUT2D eigenvalue weighted by Crippen LogP contribution is 2.62. The van der Waals surface area contributed by atoms with Gasteiger partial charge in [-0.15, -0.1) is 0 Å². The Hall–Kier alpha value is -2.12. The molecule has 2 unspecified atom stereocenters. The molecule has 1 saturated carbocycles. The van der Waals surface area contributed by atoms with Crippen LogP contribution in [0.2, 0.25) is 0 Å². The van der Waals surface area contributed by atoms with Crippen molar-refractivity contribution in [3.8, 4) is 0 Å². The zero-order valence-corrected chi connectivity index (χ0v) is 20.8. The van der Waals surface area contributed by atoms with E-state index in [4.69, 9.17) is 4.74 Å². The van der Waals surface area contributed by atoms with Gasteiger partial charge < -0.3 is 24.7 Å². The van der Waals surface area contributed by atoms with Crippen LogP contribution in [-0.2, 0) is 14.3 Å². The summed E-state index contributed by atoms with van der Waals surface area (Å²) in [7, 11) is 5.93. The molecule has 0 radical (unpaired) electrons. The topological polar surface area (TPSA) is 90.3 Å². The molecule has 5 atom stereocenters. The number of Topliss-reactive ketones (excluding diaryl/α,β-unsaturated/α-hetero) is 1. The van der Waals surface area contributed by atoms with Crippen molar-refractivity contribution < 1.29 is 24.5 Å². The van der Waals surface area contributed by atoms with Gasteiger partial charge in [-0.05, 0) is 70.7 Å². The summed E-state index contributed by atoms with van der Waals surface area (Å²) >= 11 is 0. The van der Waals surface area contributed by atoms with E-state index in [9.17, 15) is 19.8 Å². The van der Waals surface area contributed by atoms with Crippen molar-refractivity contribution in [3.05, 3.63) is 34.3 Å². The zero-order valence-electron chi connectivity index (χ0n) is 20.8. The number of aliphatic hydroxyl groups is 2. The summed E-state index contributed by atoms with van der Waals surface area (Å²) in [5.41, 5.74) is 1.15. The molecular weight excluding hydrogens is 420 g/mol. The van der Waals surface area contributed by atoms with E-state index in [1.807, 2.05) is 33.0 Å². The molecule has 1 heterocycles. The minimum atomic E-state index is -0.758. The number of allylic oxidation sites excluding steroid dienone is 1. The fraction of sp³-hybridized carbons (Fsp3) is 0.692. The quantitative estimate of drug-likeness (QED) is 0.484. The predicted molar refractivity (Wildman–Crippen MR) is 125 cm³/mol. The molecule has 0 aromatic heterocycles. The monoisotopic (exact) mass is 458 g/mol. The van der Waals surface area contributed by atoms with Crippen molar-refractivity contribution in [1.82, 2.24) is 9.80 Å². The van der Waals surface area contributed by atoms with Gasteiger partial charge in [-0.3, -0.25) is 4.79 Å². The van der Waals surface area contributed by atoms with Crippen molar-refractivity contribution in [2.24, 2.45) is 22.7 Å². The molecule has 2 N–H and O–H groups in total. The fourth-order valence-corrected chi connectivity index (χ4v) is 6.95. The van der Waals surface area contributed by atoms with Gasteiger partial charge in [-0.1, -0.05) is 13.8 Å². The average Bonchev–Trinajstić information content (AvgIpc) is 3.02. The highest BCUT2D eigenvalue weighted by molar-refractivity contribution is 6.12. The van der Waals surface area contributed by atoms with Crippen molar-refractivity contribution in [1.29, 1.82) is 0 Å². The number of carbonyl (C=O) groups is 2. The van der Waals surface area contributed by atoms with E-state index in [-0.39, 0.29) is 41.0 Å². The van der Waals surface area contributed by atoms with Crippen LogP contribution < -0.4 is 0 Å². The molecule has 0 bridgehead atoms. The van der Waals surface area contributed by atoms with Gasteiger partial charge in [0.25, 0.3) is 0 Å². The lowest BCUT2D eigenvalue weighted by Gasteiger charge is -2.52. The summed E-state index contributed by atoms with van der Waals surface area (Å²) in [6, 6.07) is 0. The van der Waals surface area contributed by atoms with Crippen LogP contribution in [0, 0.1) is 22.7 Å². The molecule has 33 heavy (non-hydrogen) atoms. The summed E-state index contributed by atoms with van der Waals surface area (Å²) in [6.07, 6.45) is 4.33. The maximum absolute atomic E-state index is 13.6. The van der Waals surface area contributed by atoms with Crippen LogP contribution in [0.25, 0.3) is 0 Å². The second-order valence-electron chi connectivity index (χ2n) is 11.2. The normalized spacial score (nSPS) is 37.3. The largest absolute Gasteiger partial charge is 0.504 e. The lowest BCUT2D eigenvalue weighted by molar-refractivity contribution is -0.143. The Balaban J connectivity index is 1.77. The number of nitrogens with zero attached hydrogens (tertiary/aromatic N) is 2. The molecule has 0 spiro atoms. The maximum atomic E-state index is 13.6. The molecule has 1 aliphatic heterocycles. The van der Waals surface area contributed by atoms with E-state index in [2.05, 4.69) is 18.7 Å². The van der Waals surface area contributed by atoms with Crippen LogP contribution >= 0.6 is 0 Å². The third-order valence-electron chi connectivity index (χ3n) is 8.45. The van der Waals surface area contributed by atoms with E-state index in [1.54, 1.807) is 6.20 Å². The summed E-state index contributed by atoms with van der Waals surface area (Å²) in [6.45, 7) is 7.90. The number of fused-ring (bicyclic) bond motifs is 4. The van der Waals surface area contributed by atoms with E-state index in [1.165, 1.54) is 0 Å². The number of carbonyl (C=O) groups excluding carboxylic acids is 2. The van der Waals surface area contributed by atoms with Gasteiger partial charge in [0.2, 0.25) is 5.78 Å².